The zero-order valence-corrected chi connectivity index (χ0v) is 14.4. The fraction of sp³-hybridized carbons (Fsp3) is 0.333. The predicted molar refractivity (Wildman–Crippen MR) is 97.1 cm³/mol. The minimum Gasteiger partial charge on any atom is -0.376 e. The van der Waals surface area contributed by atoms with Gasteiger partial charge in [-0.2, -0.15) is 0 Å². The zero-order chi connectivity index (χ0) is 17.2. The highest BCUT2D eigenvalue weighted by Gasteiger charge is 2.31. The van der Waals surface area contributed by atoms with Crippen molar-refractivity contribution in [3.63, 3.8) is 0 Å². The van der Waals surface area contributed by atoms with Crippen molar-refractivity contribution in [2.24, 2.45) is 0 Å². The van der Waals surface area contributed by atoms with Gasteiger partial charge in [0, 0.05) is 25.7 Å². The van der Waals surface area contributed by atoms with E-state index in [-0.39, 0.29) is 17.7 Å². The van der Waals surface area contributed by atoms with Crippen LogP contribution in [0.2, 0.25) is 0 Å². The molecule has 4 rings (SSSR count). The number of morpholine rings is 1. The lowest BCUT2D eigenvalue weighted by molar-refractivity contribution is 0.0254. The minimum atomic E-state index is -0.299. The van der Waals surface area contributed by atoms with Crippen molar-refractivity contribution in [1.29, 1.82) is 0 Å². The van der Waals surface area contributed by atoms with Crippen molar-refractivity contribution in [3.05, 3.63) is 54.1 Å². The van der Waals surface area contributed by atoms with E-state index in [1.807, 2.05) is 8.61 Å². The second-order valence-electron chi connectivity index (χ2n) is 6.05. The maximum Gasteiger partial charge on any atom is 0.147 e. The predicted octanol–water partition coefficient (Wildman–Crippen LogP) is 3.86. The van der Waals surface area contributed by atoms with Gasteiger partial charge in [-0.15, -0.1) is 0 Å². The van der Waals surface area contributed by atoms with Gasteiger partial charge < -0.3 is 10.1 Å². The van der Waals surface area contributed by atoms with E-state index in [0.717, 1.165) is 30.9 Å². The summed E-state index contributed by atoms with van der Waals surface area (Å²) in [6, 6.07) is 11.2. The number of nitrogens with zero attached hydrogens (tertiary/aromatic N) is 2. The fourth-order valence-corrected chi connectivity index (χ4v) is 4.17. The van der Waals surface area contributed by atoms with Crippen molar-refractivity contribution >= 4 is 29.2 Å². The molecule has 1 N–H and O–H groups in total. The number of fused-ring (bicyclic) bond motifs is 1. The van der Waals surface area contributed by atoms with Gasteiger partial charge in [-0.25, -0.2) is 8.78 Å². The summed E-state index contributed by atoms with van der Waals surface area (Å²) >= 11 is 1.39. The van der Waals surface area contributed by atoms with E-state index in [1.165, 1.54) is 30.3 Å². The maximum atomic E-state index is 14.2. The largest absolute Gasteiger partial charge is 0.376 e. The molecule has 2 aliphatic heterocycles. The van der Waals surface area contributed by atoms with Gasteiger partial charge in [0.15, 0.2) is 0 Å². The number of nitrogens with one attached hydrogen (secondary N) is 1. The first-order valence-corrected chi connectivity index (χ1v) is 9.07. The Hall–Kier alpha value is -1.83. The smallest absolute Gasteiger partial charge is 0.147 e. The standard InChI is InChI=1S/C18H19F2N3OS/c19-13-5-6-17-18(11-13)22(9-7-14-12-21-8-10-24-14)25-23(17)16-4-2-1-3-15(16)20/h1-6,11,14,21H,7-10,12H2/t14-/m0/s1. The van der Waals surface area contributed by atoms with Crippen LogP contribution in [0.3, 0.4) is 0 Å². The Balaban J connectivity index is 1.57. The van der Waals surface area contributed by atoms with Crippen molar-refractivity contribution in [1.82, 2.24) is 5.32 Å². The van der Waals surface area contributed by atoms with Crippen LogP contribution in [0.4, 0.5) is 25.8 Å². The Morgan fingerprint density at radius 1 is 1.12 bits per heavy atom. The highest BCUT2D eigenvalue weighted by molar-refractivity contribution is 8.02. The second kappa shape index (κ2) is 7.19. The van der Waals surface area contributed by atoms with Gasteiger partial charge in [-0.1, -0.05) is 12.1 Å². The molecule has 2 aliphatic rings. The Bertz CT molecular complexity index is 755. The van der Waals surface area contributed by atoms with Crippen LogP contribution in [0.15, 0.2) is 42.5 Å². The normalized spacial score (nSPS) is 20.0. The van der Waals surface area contributed by atoms with Gasteiger partial charge in [-0.3, -0.25) is 8.61 Å². The monoisotopic (exact) mass is 363 g/mol. The van der Waals surface area contributed by atoms with E-state index < -0.39 is 0 Å². The Kier molecular flexibility index (Phi) is 4.78. The number of hydrogen-bond donors (Lipinski definition) is 1. The van der Waals surface area contributed by atoms with Crippen LogP contribution in [0.25, 0.3) is 0 Å². The van der Waals surface area contributed by atoms with E-state index >= 15 is 0 Å². The number of para-hydroxylation sites is 1. The van der Waals surface area contributed by atoms with Gasteiger partial charge in [0.25, 0.3) is 0 Å². The number of hydrogen-bond acceptors (Lipinski definition) is 5. The molecule has 0 aliphatic carbocycles. The highest BCUT2D eigenvalue weighted by atomic mass is 32.2. The Morgan fingerprint density at radius 3 is 2.80 bits per heavy atom. The molecule has 0 bridgehead atoms. The number of benzene rings is 2. The highest BCUT2D eigenvalue weighted by Crippen LogP contribution is 2.49. The Morgan fingerprint density at radius 2 is 2.00 bits per heavy atom. The summed E-state index contributed by atoms with van der Waals surface area (Å²) in [4.78, 5) is 0. The molecule has 0 amide bonds. The summed E-state index contributed by atoms with van der Waals surface area (Å²) < 4.78 is 37.6. The first kappa shape index (κ1) is 16.6. The number of halogens is 2. The molecular formula is C18H19F2N3OS. The average Bonchev–Trinajstić information content (AvgIpc) is 2.99. The van der Waals surface area contributed by atoms with E-state index in [2.05, 4.69) is 5.32 Å². The molecule has 1 atom stereocenters. The van der Waals surface area contributed by atoms with Crippen LogP contribution in [0.1, 0.15) is 6.42 Å². The van der Waals surface area contributed by atoms with E-state index in [1.54, 1.807) is 24.3 Å². The van der Waals surface area contributed by atoms with Crippen LogP contribution < -0.4 is 13.9 Å². The third kappa shape index (κ3) is 3.44. The second-order valence-corrected chi connectivity index (χ2v) is 7.02. The van der Waals surface area contributed by atoms with Crippen molar-refractivity contribution < 1.29 is 13.5 Å². The summed E-state index contributed by atoms with van der Waals surface area (Å²) in [5.74, 6) is -0.595. The van der Waals surface area contributed by atoms with Gasteiger partial charge in [-0.05, 0) is 30.7 Å². The molecular weight excluding hydrogens is 344 g/mol. The summed E-state index contributed by atoms with van der Waals surface area (Å²) in [5.41, 5.74) is 2.02. The molecule has 2 heterocycles. The number of anilines is 3. The molecule has 1 saturated heterocycles. The first-order valence-electron chi connectivity index (χ1n) is 8.34. The number of rotatable bonds is 4. The lowest BCUT2D eigenvalue weighted by atomic mass is 10.2. The fourth-order valence-electron chi connectivity index (χ4n) is 3.07. The molecule has 0 saturated carbocycles. The van der Waals surface area contributed by atoms with Crippen LogP contribution in [0, 0.1) is 11.6 Å². The van der Waals surface area contributed by atoms with Crippen LogP contribution in [-0.2, 0) is 4.74 Å². The number of ether oxygens (including phenoxy) is 1. The molecule has 0 unspecified atom stereocenters. The Labute approximate surface area is 150 Å². The molecule has 4 nitrogen and oxygen atoms in total. The molecule has 7 heteroatoms. The SMILES string of the molecule is Fc1ccc2c(c1)N(CC[C@H]1CNCCO1)SN2c1ccccc1F. The quantitative estimate of drug-likeness (QED) is 0.833. The van der Waals surface area contributed by atoms with Gasteiger partial charge >= 0.3 is 0 Å². The third-order valence-corrected chi connectivity index (χ3v) is 5.47. The molecule has 0 aromatic heterocycles. The van der Waals surface area contributed by atoms with Crippen LogP contribution >= 0.6 is 12.1 Å². The van der Waals surface area contributed by atoms with E-state index in [0.29, 0.717) is 18.8 Å². The van der Waals surface area contributed by atoms with Gasteiger partial charge in [0.05, 0.1) is 41.9 Å². The molecule has 25 heavy (non-hydrogen) atoms. The summed E-state index contributed by atoms with van der Waals surface area (Å²) in [6.07, 6.45) is 0.968. The zero-order valence-electron chi connectivity index (χ0n) is 13.6. The summed E-state index contributed by atoms with van der Waals surface area (Å²) in [5, 5.41) is 3.31. The topological polar surface area (TPSA) is 27.7 Å². The van der Waals surface area contributed by atoms with Crippen molar-refractivity contribution in [3.8, 4) is 0 Å². The molecule has 2 aromatic carbocycles. The van der Waals surface area contributed by atoms with Crippen LogP contribution in [-0.4, -0.2) is 32.3 Å². The third-order valence-electron chi connectivity index (χ3n) is 4.33. The lowest BCUT2D eigenvalue weighted by Crippen LogP contribution is -2.39. The molecule has 132 valence electrons. The van der Waals surface area contributed by atoms with Crippen LogP contribution in [0.5, 0.6) is 0 Å². The summed E-state index contributed by atoms with van der Waals surface area (Å²) in [7, 11) is 0. The minimum absolute atomic E-state index is 0.147. The van der Waals surface area contributed by atoms with Crippen molar-refractivity contribution in [2.75, 3.05) is 34.9 Å². The van der Waals surface area contributed by atoms with Gasteiger partial charge in [0.2, 0.25) is 0 Å². The molecule has 1 fully saturated rings. The lowest BCUT2D eigenvalue weighted by Gasteiger charge is -2.26. The molecule has 2 aromatic rings. The first-order chi connectivity index (χ1) is 12.2. The van der Waals surface area contributed by atoms with Gasteiger partial charge in [0.1, 0.15) is 11.6 Å². The summed E-state index contributed by atoms with van der Waals surface area (Å²) in [6.45, 7) is 3.11. The maximum absolute atomic E-state index is 14.2. The van der Waals surface area contributed by atoms with E-state index in [4.69, 9.17) is 4.74 Å². The molecule has 0 radical (unpaired) electrons. The molecule has 0 spiro atoms. The average molecular weight is 363 g/mol. The van der Waals surface area contributed by atoms with E-state index in [9.17, 15) is 8.78 Å². The van der Waals surface area contributed by atoms with Crippen molar-refractivity contribution in [2.45, 2.75) is 12.5 Å².